The number of nitrogens with two attached hydrogens (primary N) is 1. The fourth-order valence-electron chi connectivity index (χ4n) is 5.03. The Balaban J connectivity index is 1.46. The molecule has 1 saturated carbocycles. The molecule has 0 spiro atoms. The van der Waals surface area contributed by atoms with E-state index >= 15 is 0 Å². The molecule has 35 heavy (non-hydrogen) atoms. The molecule has 192 valence electrons. The smallest absolute Gasteiger partial charge is 0.453 e. The third-order valence-corrected chi connectivity index (χ3v) is 7.99. The van der Waals surface area contributed by atoms with Gasteiger partial charge in [-0.25, -0.2) is 4.79 Å². The van der Waals surface area contributed by atoms with Crippen molar-refractivity contribution in [1.82, 2.24) is 10.2 Å². The van der Waals surface area contributed by atoms with E-state index in [1.54, 1.807) is 0 Å². The van der Waals surface area contributed by atoms with Gasteiger partial charge in [-0.05, 0) is 70.0 Å². The highest BCUT2D eigenvalue weighted by Crippen LogP contribution is 2.48. The Hall–Kier alpha value is -2.46. The number of ether oxygens (including phenoxy) is 1. The van der Waals surface area contributed by atoms with Gasteiger partial charge in [0.15, 0.2) is 0 Å². The van der Waals surface area contributed by atoms with Crippen LogP contribution in [0.5, 0.6) is 0 Å². The highest BCUT2D eigenvalue weighted by atomic mass is 16.7. The van der Waals surface area contributed by atoms with Gasteiger partial charge in [-0.1, -0.05) is 19.9 Å². The van der Waals surface area contributed by atoms with Crippen LogP contribution in [-0.4, -0.2) is 67.0 Å². The molecule has 1 aromatic rings. The van der Waals surface area contributed by atoms with Crippen LogP contribution in [-0.2, 0) is 18.8 Å². The highest BCUT2D eigenvalue weighted by Gasteiger charge is 2.55. The number of amides is 2. The number of piperidine rings is 1. The Labute approximate surface area is 208 Å². The molecule has 0 radical (unpaired) electrons. The van der Waals surface area contributed by atoms with Crippen LogP contribution in [0.1, 0.15) is 54.4 Å². The number of carbonyl (C=O) groups is 2. The van der Waals surface area contributed by atoms with E-state index in [2.05, 4.69) is 10.6 Å². The van der Waals surface area contributed by atoms with Crippen LogP contribution in [0, 0.1) is 11.8 Å². The SMILES string of the molecule is COC(=O)NC(C(=O)N1C(CNc2cc(B3OC(C)(C)C(C)(C)O3)ccc2N)CC2CC21)C(C)C. The van der Waals surface area contributed by atoms with Crippen LogP contribution in [0.25, 0.3) is 0 Å². The minimum Gasteiger partial charge on any atom is -0.453 e. The van der Waals surface area contributed by atoms with Gasteiger partial charge in [-0.15, -0.1) is 0 Å². The fraction of sp³-hybridized carbons (Fsp3) is 0.680. The first kappa shape index (κ1) is 25.6. The number of fused-ring (bicyclic) bond motifs is 1. The van der Waals surface area contributed by atoms with Gasteiger partial charge in [0.2, 0.25) is 5.91 Å². The lowest BCUT2D eigenvalue weighted by molar-refractivity contribution is -0.136. The maximum Gasteiger partial charge on any atom is 0.494 e. The molecule has 9 nitrogen and oxygen atoms in total. The summed E-state index contributed by atoms with van der Waals surface area (Å²) in [5, 5.41) is 6.18. The van der Waals surface area contributed by atoms with Gasteiger partial charge in [0.05, 0.1) is 29.7 Å². The molecule has 4 atom stereocenters. The summed E-state index contributed by atoms with van der Waals surface area (Å²) in [4.78, 5) is 27.3. The minimum atomic E-state index is -0.624. The van der Waals surface area contributed by atoms with Gasteiger partial charge in [-0.2, -0.15) is 0 Å². The molecule has 3 aliphatic rings. The van der Waals surface area contributed by atoms with E-state index in [9.17, 15) is 9.59 Å². The number of alkyl carbamates (subject to hydrolysis) is 1. The standard InChI is InChI=1S/C25H39BN4O5/c1-14(2)21(29-23(32)33-7)22(31)30-17(10-15-11-20(15)30)13-28-19-12-16(8-9-18(19)27)26-34-24(3,4)25(5,6)35-26/h8-9,12,14-15,17,20-21,28H,10-11,13,27H2,1-7H3,(H,29,32). The Morgan fingerprint density at radius 2 is 1.86 bits per heavy atom. The van der Waals surface area contributed by atoms with Crippen LogP contribution < -0.4 is 21.8 Å². The molecule has 0 aromatic heterocycles. The van der Waals surface area contributed by atoms with E-state index < -0.39 is 30.5 Å². The van der Waals surface area contributed by atoms with Gasteiger partial charge >= 0.3 is 13.2 Å². The predicted molar refractivity (Wildman–Crippen MR) is 136 cm³/mol. The number of nitrogens with zero attached hydrogens (tertiary/aromatic N) is 1. The van der Waals surface area contributed by atoms with Crippen molar-refractivity contribution in [2.45, 2.75) is 83.7 Å². The average molecular weight is 486 g/mol. The number of hydrogen-bond donors (Lipinski definition) is 3. The molecule has 2 heterocycles. The lowest BCUT2D eigenvalue weighted by atomic mass is 9.79. The number of rotatable bonds is 7. The second-order valence-electron chi connectivity index (χ2n) is 11.4. The molecule has 2 aliphatic heterocycles. The van der Waals surface area contributed by atoms with Crippen molar-refractivity contribution in [3.05, 3.63) is 18.2 Å². The second-order valence-corrected chi connectivity index (χ2v) is 11.4. The Kier molecular flexibility index (Phi) is 6.74. The zero-order valence-corrected chi connectivity index (χ0v) is 21.9. The van der Waals surface area contributed by atoms with Gasteiger partial charge in [0.1, 0.15) is 6.04 Å². The molecule has 4 rings (SSSR count). The summed E-state index contributed by atoms with van der Waals surface area (Å²) in [5.74, 6) is 0.409. The number of benzene rings is 1. The van der Waals surface area contributed by atoms with Crippen molar-refractivity contribution in [2.24, 2.45) is 11.8 Å². The third-order valence-electron chi connectivity index (χ3n) is 7.99. The summed E-state index contributed by atoms with van der Waals surface area (Å²) in [6, 6.07) is 5.38. The summed E-state index contributed by atoms with van der Waals surface area (Å²) < 4.78 is 17.1. The molecule has 0 bridgehead atoms. The van der Waals surface area contributed by atoms with Crippen LogP contribution in [0.4, 0.5) is 16.2 Å². The average Bonchev–Trinajstić information content (AvgIpc) is 3.38. The minimum absolute atomic E-state index is 0.0202. The largest absolute Gasteiger partial charge is 0.494 e. The quantitative estimate of drug-likeness (QED) is 0.400. The molecule has 10 heteroatoms. The lowest BCUT2D eigenvalue weighted by Crippen LogP contribution is -2.54. The van der Waals surface area contributed by atoms with Crippen molar-refractivity contribution < 1.29 is 23.6 Å². The summed E-state index contributed by atoms with van der Waals surface area (Å²) in [6.07, 6.45) is 1.36. The molecule has 1 aromatic carbocycles. The molecule has 2 saturated heterocycles. The summed E-state index contributed by atoms with van der Waals surface area (Å²) in [7, 11) is 0.827. The number of likely N-dealkylation sites (tertiary alicyclic amines) is 1. The maximum absolute atomic E-state index is 13.5. The van der Waals surface area contributed by atoms with E-state index in [-0.39, 0.29) is 23.9 Å². The van der Waals surface area contributed by atoms with Crippen molar-refractivity contribution in [3.63, 3.8) is 0 Å². The number of hydrogen-bond acceptors (Lipinski definition) is 7. The van der Waals surface area contributed by atoms with E-state index in [1.165, 1.54) is 7.11 Å². The highest BCUT2D eigenvalue weighted by molar-refractivity contribution is 6.62. The number of nitrogens with one attached hydrogen (secondary N) is 2. The first-order chi connectivity index (χ1) is 16.3. The van der Waals surface area contributed by atoms with Crippen LogP contribution in [0.15, 0.2) is 18.2 Å². The summed E-state index contributed by atoms with van der Waals surface area (Å²) in [6.45, 7) is 12.5. The van der Waals surface area contributed by atoms with Crippen molar-refractivity contribution in [1.29, 1.82) is 0 Å². The number of anilines is 2. The Morgan fingerprint density at radius 1 is 1.20 bits per heavy atom. The van der Waals surface area contributed by atoms with Crippen molar-refractivity contribution in [2.75, 3.05) is 24.7 Å². The molecule has 4 unspecified atom stereocenters. The zero-order chi connectivity index (χ0) is 25.7. The lowest BCUT2D eigenvalue weighted by Gasteiger charge is -2.33. The fourth-order valence-corrected chi connectivity index (χ4v) is 5.03. The molecule has 3 fully saturated rings. The van der Waals surface area contributed by atoms with Gasteiger partial charge < -0.3 is 35.3 Å². The summed E-state index contributed by atoms with van der Waals surface area (Å²) in [5.41, 5.74) is 7.74. The molecule has 4 N–H and O–H groups in total. The first-order valence-electron chi connectivity index (χ1n) is 12.5. The maximum atomic E-state index is 13.5. The second kappa shape index (κ2) is 9.20. The first-order valence-corrected chi connectivity index (χ1v) is 12.5. The molecular formula is C25H39BN4O5. The molecule has 1 aliphatic carbocycles. The topological polar surface area (TPSA) is 115 Å². The predicted octanol–water partition coefficient (Wildman–Crippen LogP) is 2.35. The monoisotopic (exact) mass is 486 g/mol. The van der Waals surface area contributed by atoms with Crippen molar-refractivity contribution >= 4 is 36.0 Å². The van der Waals surface area contributed by atoms with Crippen molar-refractivity contribution in [3.8, 4) is 0 Å². The van der Waals surface area contributed by atoms with Gasteiger partial charge in [0, 0.05) is 18.6 Å². The molecule has 2 amide bonds. The number of nitrogen functional groups attached to an aromatic ring is 1. The zero-order valence-electron chi connectivity index (χ0n) is 21.9. The number of carbonyl (C=O) groups excluding carboxylic acids is 2. The van der Waals surface area contributed by atoms with E-state index in [0.717, 1.165) is 24.0 Å². The van der Waals surface area contributed by atoms with E-state index in [1.807, 2.05) is 64.6 Å². The van der Waals surface area contributed by atoms with Crippen LogP contribution in [0.3, 0.4) is 0 Å². The summed E-state index contributed by atoms with van der Waals surface area (Å²) >= 11 is 0. The normalized spacial score (nSPS) is 26.9. The number of methoxy groups -OCH3 is 1. The van der Waals surface area contributed by atoms with Crippen LogP contribution in [0.2, 0.25) is 0 Å². The van der Waals surface area contributed by atoms with Gasteiger partial charge in [-0.3, -0.25) is 4.79 Å². The van der Waals surface area contributed by atoms with Gasteiger partial charge in [0.25, 0.3) is 0 Å². The van der Waals surface area contributed by atoms with E-state index in [4.69, 9.17) is 19.8 Å². The molecular weight excluding hydrogens is 447 g/mol. The van der Waals surface area contributed by atoms with Crippen LogP contribution >= 0.6 is 0 Å². The Morgan fingerprint density at radius 3 is 2.46 bits per heavy atom. The Bertz CT molecular complexity index is 969. The third kappa shape index (κ3) is 4.96. The van der Waals surface area contributed by atoms with E-state index in [0.29, 0.717) is 18.2 Å².